The van der Waals surface area contributed by atoms with E-state index in [4.69, 9.17) is 14.5 Å². The second-order valence-electron chi connectivity index (χ2n) is 9.16. The SMILES string of the molecule is CC(C)[C@H](NC(=O)OC(C)(C)C)C(=O)Oc1cccc2c3nc4ccccc4cc3cn12. The van der Waals surface area contributed by atoms with Gasteiger partial charge in [-0.15, -0.1) is 0 Å². The second kappa shape index (κ2) is 8.15. The third-order valence-electron chi connectivity index (χ3n) is 5.05. The van der Waals surface area contributed by atoms with Gasteiger partial charge in [0.05, 0.1) is 16.6 Å². The molecule has 0 bridgehead atoms. The fourth-order valence-electron chi connectivity index (χ4n) is 3.58. The van der Waals surface area contributed by atoms with Crippen LogP contribution >= 0.6 is 0 Å². The van der Waals surface area contributed by atoms with E-state index in [9.17, 15) is 9.59 Å². The van der Waals surface area contributed by atoms with Gasteiger partial charge < -0.3 is 14.8 Å². The summed E-state index contributed by atoms with van der Waals surface area (Å²) in [5.41, 5.74) is 1.89. The Morgan fingerprint density at radius 2 is 1.78 bits per heavy atom. The van der Waals surface area contributed by atoms with E-state index in [1.165, 1.54) is 0 Å². The molecule has 7 heteroatoms. The monoisotopic (exact) mass is 433 g/mol. The zero-order valence-electron chi connectivity index (χ0n) is 18.9. The summed E-state index contributed by atoms with van der Waals surface area (Å²) in [6.07, 6.45) is 1.24. The number of carbonyl (C=O) groups is 2. The number of hydrogen-bond acceptors (Lipinski definition) is 5. The topological polar surface area (TPSA) is 81.9 Å². The van der Waals surface area contributed by atoms with Crippen LogP contribution in [0.3, 0.4) is 0 Å². The van der Waals surface area contributed by atoms with Gasteiger partial charge in [0.15, 0.2) is 0 Å². The van der Waals surface area contributed by atoms with Crippen LogP contribution < -0.4 is 10.1 Å². The lowest BCUT2D eigenvalue weighted by Gasteiger charge is -2.24. The van der Waals surface area contributed by atoms with Crippen LogP contribution in [-0.2, 0) is 9.53 Å². The molecule has 0 aliphatic carbocycles. The van der Waals surface area contributed by atoms with Crippen LogP contribution in [0.25, 0.3) is 27.3 Å². The first-order valence-electron chi connectivity index (χ1n) is 10.6. The molecule has 0 radical (unpaired) electrons. The molecule has 1 atom stereocenters. The molecule has 4 aromatic rings. The number of rotatable bonds is 4. The first-order chi connectivity index (χ1) is 15.1. The number of esters is 1. The largest absolute Gasteiger partial charge is 0.444 e. The van der Waals surface area contributed by atoms with E-state index in [1.807, 2.05) is 56.4 Å². The highest BCUT2D eigenvalue weighted by Crippen LogP contribution is 2.28. The van der Waals surface area contributed by atoms with Crippen molar-refractivity contribution in [2.45, 2.75) is 46.3 Å². The average Bonchev–Trinajstić information content (AvgIpc) is 3.07. The molecule has 0 fully saturated rings. The molecule has 0 saturated carbocycles. The van der Waals surface area contributed by atoms with E-state index in [0.29, 0.717) is 5.88 Å². The number of alkyl carbamates (subject to hydrolysis) is 1. The van der Waals surface area contributed by atoms with Gasteiger partial charge in [-0.3, -0.25) is 4.40 Å². The summed E-state index contributed by atoms with van der Waals surface area (Å²) in [7, 11) is 0. The van der Waals surface area contributed by atoms with Gasteiger partial charge >= 0.3 is 12.1 Å². The summed E-state index contributed by atoms with van der Waals surface area (Å²) in [5.74, 6) is -0.398. The molecule has 3 heterocycles. The van der Waals surface area contributed by atoms with E-state index in [-0.39, 0.29) is 5.92 Å². The Morgan fingerprint density at radius 1 is 1.03 bits per heavy atom. The third-order valence-corrected chi connectivity index (χ3v) is 5.05. The number of benzene rings is 1. The molecule has 32 heavy (non-hydrogen) atoms. The third kappa shape index (κ3) is 4.37. The standard InChI is InChI=1S/C25H27N3O4/c1-15(2)21(27-24(30)32-25(3,4)5)23(29)31-20-12-8-11-19-22-17(14-28(19)20)13-16-9-6-7-10-18(16)26-22/h6-15,21H,1-5H3,(H,27,30)/t21-/m0/s1. The summed E-state index contributed by atoms with van der Waals surface area (Å²) >= 11 is 0. The number of carbonyl (C=O) groups excluding carboxylic acids is 2. The van der Waals surface area contributed by atoms with Crippen molar-refractivity contribution in [2.75, 3.05) is 0 Å². The molecule has 7 nitrogen and oxygen atoms in total. The highest BCUT2D eigenvalue weighted by Gasteiger charge is 2.29. The van der Waals surface area contributed by atoms with Crippen molar-refractivity contribution in [3.05, 3.63) is 54.7 Å². The van der Waals surface area contributed by atoms with E-state index >= 15 is 0 Å². The van der Waals surface area contributed by atoms with Crippen molar-refractivity contribution in [3.63, 3.8) is 0 Å². The molecule has 0 aliphatic heterocycles. The van der Waals surface area contributed by atoms with Crippen LogP contribution in [0.1, 0.15) is 34.6 Å². The quantitative estimate of drug-likeness (QED) is 0.453. The second-order valence-corrected chi connectivity index (χ2v) is 9.16. The van der Waals surface area contributed by atoms with Crippen molar-refractivity contribution in [2.24, 2.45) is 5.92 Å². The molecule has 0 saturated heterocycles. The number of amides is 1. The van der Waals surface area contributed by atoms with Gasteiger partial charge in [-0.25, -0.2) is 14.6 Å². The van der Waals surface area contributed by atoms with E-state index in [2.05, 4.69) is 11.4 Å². The Hall–Kier alpha value is -3.61. The molecule has 166 valence electrons. The van der Waals surface area contributed by atoms with E-state index in [0.717, 1.165) is 27.3 Å². The predicted octanol–water partition coefficient (Wildman–Crippen LogP) is 5.10. The zero-order chi connectivity index (χ0) is 23.0. The van der Waals surface area contributed by atoms with Crippen molar-refractivity contribution in [3.8, 4) is 5.88 Å². The zero-order valence-corrected chi connectivity index (χ0v) is 18.9. The number of pyridine rings is 2. The van der Waals surface area contributed by atoms with Gasteiger partial charge in [0.25, 0.3) is 0 Å². The Kier molecular flexibility index (Phi) is 5.50. The average molecular weight is 434 g/mol. The molecular weight excluding hydrogens is 406 g/mol. The lowest BCUT2D eigenvalue weighted by molar-refractivity contribution is -0.138. The summed E-state index contributed by atoms with van der Waals surface area (Å²) in [6, 6.07) is 14.6. The van der Waals surface area contributed by atoms with Crippen LogP contribution in [0, 0.1) is 5.92 Å². The number of fused-ring (bicyclic) bond motifs is 4. The lowest BCUT2D eigenvalue weighted by Crippen LogP contribution is -2.48. The number of nitrogens with zero attached hydrogens (tertiary/aromatic N) is 2. The molecule has 0 unspecified atom stereocenters. The number of para-hydroxylation sites is 1. The Labute approximate surface area is 186 Å². The molecular formula is C25H27N3O4. The Bertz CT molecular complexity index is 1320. The van der Waals surface area contributed by atoms with Crippen molar-refractivity contribution < 1.29 is 19.1 Å². The highest BCUT2D eigenvalue weighted by molar-refractivity contribution is 6.01. The summed E-state index contributed by atoms with van der Waals surface area (Å²) < 4.78 is 12.8. The number of aromatic nitrogens is 2. The van der Waals surface area contributed by atoms with Crippen molar-refractivity contribution in [1.82, 2.24) is 14.7 Å². The molecule has 1 aromatic carbocycles. The molecule has 1 amide bonds. The summed E-state index contributed by atoms with van der Waals surface area (Å²) in [6.45, 7) is 8.98. The van der Waals surface area contributed by atoms with Gasteiger partial charge in [0.2, 0.25) is 5.88 Å². The minimum atomic E-state index is -0.856. The van der Waals surface area contributed by atoms with E-state index in [1.54, 1.807) is 31.2 Å². The van der Waals surface area contributed by atoms with Crippen molar-refractivity contribution in [1.29, 1.82) is 0 Å². The van der Waals surface area contributed by atoms with Gasteiger partial charge in [-0.05, 0) is 51.0 Å². The Morgan fingerprint density at radius 3 is 2.50 bits per heavy atom. The van der Waals surface area contributed by atoms with Crippen LogP contribution in [0.15, 0.2) is 54.7 Å². The Balaban J connectivity index is 1.66. The molecule has 4 rings (SSSR count). The maximum atomic E-state index is 13.0. The first-order valence-corrected chi connectivity index (χ1v) is 10.6. The van der Waals surface area contributed by atoms with E-state index < -0.39 is 23.7 Å². The molecule has 1 N–H and O–H groups in total. The first kappa shape index (κ1) is 21.6. The molecule has 0 aliphatic rings. The number of hydrogen-bond donors (Lipinski definition) is 1. The normalized spacial score (nSPS) is 12.9. The number of nitrogens with one attached hydrogen (secondary N) is 1. The van der Waals surface area contributed by atoms with Crippen LogP contribution in [-0.4, -0.2) is 33.1 Å². The van der Waals surface area contributed by atoms with Gasteiger partial charge in [-0.2, -0.15) is 0 Å². The van der Waals surface area contributed by atoms with Gasteiger partial charge in [0.1, 0.15) is 11.6 Å². The minimum absolute atomic E-state index is 0.190. The van der Waals surface area contributed by atoms with Crippen LogP contribution in [0.5, 0.6) is 5.88 Å². The van der Waals surface area contributed by atoms with Crippen LogP contribution in [0.4, 0.5) is 4.79 Å². The minimum Gasteiger partial charge on any atom is -0.444 e. The lowest BCUT2D eigenvalue weighted by atomic mass is 10.1. The van der Waals surface area contributed by atoms with Crippen LogP contribution in [0.2, 0.25) is 0 Å². The predicted molar refractivity (Wildman–Crippen MR) is 124 cm³/mol. The summed E-state index contributed by atoms with van der Waals surface area (Å²) in [5, 5.41) is 4.61. The number of ether oxygens (including phenoxy) is 2. The smallest absolute Gasteiger partial charge is 0.408 e. The summed E-state index contributed by atoms with van der Waals surface area (Å²) in [4.78, 5) is 30.0. The maximum Gasteiger partial charge on any atom is 0.408 e. The fourth-order valence-corrected chi connectivity index (χ4v) is 3.58. The van der Waals surface area contributed by atoms with Gasteiger partial charge in [-0.1, -0.05) is 38.1 Å². The molecule has 3 aromatic heterocycles. The molecule has 0 spiro atoms. The van der Waals surface area contributed by atoms with Gasteiger partial charge in [0, 0.05) is 17.0 Å². The maximum absolute atomic E-state index is 13.0. The fraction of sp³-hybridized carbons (Fsp3) is 0.320. The highest BCUT2D eigenvalue weighted by atomic mass is 16.6. The van der Waals surface area contributed by atoms with Crippen molar-refractivity contribution >= 4 is 39.4 Å².